The zero-order valence-electron chi connectivity index (χ0n) is 7.28. The Balaban J connectivity index is 2.91. The number of nitrogen functional groups attached to an aromatic ring is 1. The van der Waals surface area contributed by atoms with Gasteiger partial charge in [-0.05, 0) is 18.2 Å². The molecule has 3 nitrogen and oxygen atoms in total. The van der Waals surface area contributed by atoms with Crippen LogP contribution in [0.1, 0.15) is 5.56 Å². The summed E-state index contributed by atoms with van der Waals surface area (Å²) in [4.78, 5) is 0. The van der Waals surface area contributed by atoms with Crippen LogP contribution in [0.15, 0.2) is 24.4 Å². The van der Waals surface area contributed by atoms with Crippen molar-refractivity contribution < 1.29 is 0 Å². The van der Waals surface area contributed by atoms with Gasteiger partial charge in [0.05, 0.1) is 5.56 Å². The summed E-state index contributed by atoms with van der Waals surface area (Å²) < 4.78 is 1.92. The number of fused-ring (bicyclic) bond motifs is 1. The van der Waals surface area contributed by atoms with Crippen LogP contribution in [0.4, 0.5) is 5.69 Å². The largest absolute Gasteiger partial charge is 0.399 e. The Morgan fingerprint density at radius 3 is 2.92 bits per heavy atom. The van der Waals surface area contributed by atoms with Crippen LogP contribution in [-0.4, -0.2) is 4.57 Å². The van der Waals surface area contributed by atoms with Crippen LogP contribution in [0.3, 0.4) is 0 Å². The highest BCUT2D eigenvalue weighted by molar-refractivity contribution is 5.88. The minimum atomic E-state index is 0.671. The van der Waals surface area contributed by atoms with Crippen molar-refractivity contribution in [1.29, 1.82) is 5.26 Å². The van der Waals surface area contributed by atoms with Gasteiger partial charge in [0.15, 0.2) is 0 Å². The van der Waals surface area contributed by atoms with E-state index in [9.17, 15) is 0 Å². The minimum Gasteiger partial charge on any atom is -0.399 e. The standard InChI is InChI=1S/C10H9N3/c1-13-6-7(5-11)9-4-8(12)2-3-10(9)13/h2-4,6H,12H2,1H3. The molecule has 3 heteroatoms. The van der Waals surface area contributed by atoms with Crippen LogP contribution in [-0.2, 0) is 7.05 Å². The summed E-state index contributed by atoms with van der Waals surface area (Å²) in [5, 5.41) is 9.76. The lowest BCUT2D eigenvalue weighted by atomic mass is 10.2. The molecule has 1 aromatic carbocycles. The molecule has 0 saturated carbocycles. The first-order valence-corrected chi connectivity index (χ1v) is 3.97. The van der Waals surface area contributed by atoms with Gasteiger partial charge in [0.25, 0.3) is 0 Å². The summed E-state index contributed by atoms with van der Waals surface area (Å²) >= 11 is 0. The molecule has 2 rings (SSSR count). The number of nitrogens with two attached hydrogens (primary N) is 1. The Kier molecular flexibility index (Phi) is 1.49. The van der Waals surface area contributed by atoms with Crippen LogP contribution >= 0.6 is 0 Å². The maximum Gasteiger partial charge on any atom is 0.101 e. The highest BCUT2D eigenvalue weighted by atomic mass is 14.9. The van der Waals surface area contributed by atoms with Crippen molar-refractivity contribution in [3.8, 4) is 6.07 Å². The molecule has 0 aliphatic rings. The first kappa shape index (κ1) is 7.69. The topological polar surface area (TPSA) is 54.7 Å². The van der Waals surface area contributed by atoms with Gasteiger partial charge < -0.3 is 10.3 Å². The van der Waals surface area contributed by atoms with Gasteiger partial charge in [-0.25, -0.2) is 0 Å². The summed E-state index contributed by atoms with van der Waals surface area (Å²) in [6.45, 7) is 0. The molecule has 0 atom stereocenters. The molecule has 64 valence electrons. The van der Waals surface area contributed by atoms with Gasteiger partial charge in [0, 0.05) is 29.8 Å². The molecule has 0 spiro atoms. The number of hydrogen-bond acceptors (Lipinski definition) is 2. The molecular weight excluding hydrogens is 162 g/mol. The van der Waals surface area contributed by atoms with Crippen LogP contribution in [0, 0.1) is 11.3 Å². The number of rotatable bonds is 0. The molecule has 0 radical (unpaired) electrons. The van der Waals surface area contributed by atoms with Crippen molar-refractivity contribution in [2.75, 3.05) is 5.73 Å². The maximum absolute atomic E-state index is 8.84. The fourth-order valence-electron chi connectivity index (χ4n) is 1.50. The van der Waals surface area contributed by atoms with Crippen LogP contribution < -0.4 is 5.73 Å². The van der Waals surface area contributed by atoms with Gasteiger partial charge in [0.1, 0.15) is 6.07 Å². The fraction of sp³-hybridized carbons (Fsp3) is 0.100. The molecule has 0 aliphatic heterocycles. The number of nitriles is 1. The molecule has 0 saturated heterocycles. The van der Waals surface area contributed by atoms with Crippen molar-refractivity contribution in [2.24, 2.45) is 7.05 Å². The van der Waals surface area contributed by atoms with Crippen molar-refractivity contribution >= 4 is 16.6 Å². The van der Waals surface area contributed by atoms with Crippen LogP contribution in [0.25, 0.3) is 10.9 Å². The number of anilines is 1. The predicted octanol–water partition coefficient (Wildman–Crippen LogP) is 1.63. The van der Waals surface area contributed by atoms with Gasteiger partial charge in [0.2, 0.25) is 0 Å². The highest BCUT2D eigenvalue weighted by Gasteiger charge is 2.04. The van der Waals surface area contributed by atoms with E-state index in [-0.39, 0.29) is 0 Å². The molecule has 0 fully saturated rings. The summed E-state index contributed by atoms with van der Waals surface area (Å²) in [7, 11) is 1.92. The van der Waals surface area contributed by atoms with E-state index in [0.29, 0.717) is 11.3 Å². The third-order valence-electron chi connectivity index (χ3n) is 2.13. The summed E-state index contributed by atoms with van der Waals surface area (Å²) in [6.07, 6.45) is 1.81. The van der Waals surface area contributed by atoms with Crippen molar-refractivity contribution in [1.82, 2.24) is 4.57 Å². The molecule has 2 aromatic rings. The van der Waals surface area contributed by atoms with Gasteiger partial charge in [-0.15, -0.1) is 0 Å². The van der Waals surface area contributed by atoms with E-state index in [1.807, 2.05) is 36.0 Å². The molecule has 2 N–H and O–H groups in total. The van der Waals surface area contributed by atoms with E-state index in [2.05, 4.69) is 6.07 Å². The normalized spacial score (nSPS) is 10.2. The van der Waals surface area contributed by atoms with Crippen molar-refractivity contribution in [3.63, 3.8) is 0 Å². The third-order valence-corrected chi connectivity index (χ3v) is 2.13. The maximum atomic E-state index is 8.84. The highest BCUT2D eigenvalue weighted by Crippen LogP contribution is 2.21. The third kappa shape index (κ3) is 1.04. The van der Waals surface area contributed by atoms with E-state index in [1.165, 1.54) is 0 Å². The predicted molar refractivity (Wildman–Crippen MR) is 52.0 cm³/mol. The van der Waals surface area contributed by atoms with E-state index >= 15 is 0 Å². The Morgan fingerprint density at radius 1 is 1.46 bits per heavy atom. The molecular formula is C10H9N3. The summed E-state index contributed by atoms with van der Waals surface area (Å²) in [5.41, 5.74) is 8.03. The SMILES string of the molecule is Cn1cc(C#N)c2cc(N)ccc21. The fourth-order valence-corrected chi connectivity index (χ4v) is 1.50. The van der Waals surface area contributed by atoms with Crippen molar-refractivity contribution in [3.05, 3.63) is 30.0 Å². The Morgan fingerprint density at radius 2 is 2.23 bits per heavy atom. The van der Waals surface area contributed by atoms with Gasteiger partial charge in [-0.3, -0.25) is 0 Å². The lowest BCUT2D eigenvalue weighted by molar-refractivity contribution is 0.967. The molecule has 0 unspecified atom stereocenters. The van der Waals surface area contributed by atoms with E-state index in [4.69, 9.17) is 11.0 Å². The van der Waals surface area contributed by atoms with E-state index in [0.717, 1.165) is 10.9 Å². The number of nitrogens with zero attached hydrogens (tertiary/aromatic N) is 2. The first-order chi connectivity index (χ1) is 6.22. The molecule has 1 aromatic heterocycles. The Labute approximate surface area is 76.0 Å². The number of hydrogen-bond donors (Lipinski definition) is 1. The minimum absolute atomic E-state index is 0.671. The van der Waals surface area contributed by atoms with Crippen molar-refractivity contribution in [2.45, 2.75) is 0 Å². The quantitative estimate of drug-likeness (QED) is 0.612. The number of aryl methyl sites for hydroxylation is 1. The lowest BCUT2D eigenvalue weighted by Gasteiger charge is -1.96. The Bertz CT molecular complexity index is 503. The molecule has 0 aliphatic carbocycles. The molecule has 1 heterocycles. The zero-order chi connectivity index (χ0) is 9.42. The number of aromatic nitrogens is 1. The second-order valence-electron chi connectivity index (χ2n) is 3.04. The summed E-state index contributed by atoms with van der Waals surface area (Å²) in [5.74, 6) is 0. The molecule has 13 heavy (non-hydrogen) atoms. The van der Waals surface area contributed by atoms with Gasteiger partial charge in [-0.2, -0.15) is 5.26 Å². The van der Waals surface area contributed by atoms with Crippen LogP contribution in [0.2, 0.25) is 0 Å². The van der Waals surface area contributed by atoms with E-state index < -0.39 is 0 Å². The Hall–Kier alpha value is -1.95. The second-order valence-corrected chi connectivity index (χ2v) is 3.04. The smallest absolute Gasteiger partial charge is 0.101 e. The summed E-state index contributed by atoms with van der Waals surface area (Å²) in [6, 6.07) is 7.73. The molecule has 0 bridgehead atoms. The zero-order valence-corrected chi connectivity index (χ0v) is 7.28. The molecule has 0 amide bonds. The van der Waals surface area contributed by atoms with E-state index in [1.54, 1.807) is 0 Å². The van der Waals surface area contributed by atoms with Crippen LogP contribution in [0.5, 0.6) is 0 Å². The lowest BCUT2D eigenvalue weighted by Crippen LogP contribution is -1.85. The first-order valence-electron chi connectivity index (χ1n) is 3.97. The average Bonchev–Trinajstić information content (AvgIpc) is 2.42. The second kappa shape index (κ2) is 2.53. The number of benzene rings is 1. The van der Waals surface area contributed by atoms with Gasteiger partial charge >= 0.3 is 0 Å². The average molecular weight is 171 g/mol. The van der Waals surface area contributed by atoms with Gasteiger partial charge in [-0.1, -0.05) is 0 Å². The monoisotopic (exact) mass is 171 g/mol.